The third-order valence-corrected chi connectivity index (χ3v) is 6.41. The predicted molar refractivity (Wildman–Crippen MR) is 91.8 cm³/mol. The molecule has 3 rings (SSSR count). The first-order valence-corrected chi connectivity index (χ1v) is 9.51. The maximum Gasteiger partial charge on any atom is 0.243 e. The number of methoxy groups -OCH3 is 2. The van der Waals surface area contributed by atoms with Crippen molar-refractivity contribution < 1.29 is 26.7 Å². The van der Waals surface area contributed by atoms with Crippen molar-refractivity contribution in [1.29, 1.82) is 0 Å². The molecule has 2 aromatic carbocycles. The lowest BCUT2D eigenvalue weighted by Gasteiger charge is -2.26. The molecule has 8 heteroatoms. The van der Waals surface area contributed by atoms with E-state index in [1.165, 1.54) is 18.5 Å². The highest BCUT2D eigenvalue weighted by atomic mass is 32.2. The summed E-state index contributed by atoms with van der Waals surface area (Å²) in [6.45, 7) is 0.293. The first-order valence-electron chi connectivity index (χ1n) is 8.07. The van der Waals surface area contributed by atoms with Gasteiger partial charge in [-0.2, -0.15) is 4.31 Å². The molecule has 0 spiro atoms. The fraction of sp³-hybridized carbons (Fsp3) is 0.333. The molecule has 1 aliphatic heterocycles. The van der Waals surface area contributed by atoms with Gasteiger partial charge in [-0.3, -0.25) is 0 Å². The summed E-state index contributed by atoms with van der Waals surface area (Å²) in [7, 11) is -0.943. The summed E-state index contributed by atoms with van der Waals surface area (Å²) in [5.74, 6) is -1.16. The van der Waals surface area contributed by atoms with E-state index in [9.17, 15) is 17.2 Å². The van der Waals surface area contributed by atoms with Gasteiger partial charge in [-0.05, 0) is 37.1 Å². The van der Waals surface area contributed by atoms with Gasteiger partial charge in [-0.15, -0.1) is 0 Å². The van der Waals surface area contributed by atoms with E-state index in [2.05, 4.69) is 0 Å². The first-order chi connectivity index (χ1) is 12.4. The Morgan fingerprint density at radius 3 is 2.46 bits per heavy atom. The third kappa shape index (κ3) is 3.26. The molecule has 2 aromatic rings. The van der Waals surface area contributed by atoms with E-state index < -0.39 is 27.7 Å². The summed E-state index contributed by atoms with van der Waals surface area (Å²) in [5.41, 5.74) is 0.706. The summed E-state index contributed by atoms with van der Waals surface area (Å²) >= 11 is 0. The molecule has 0 bridgehead atoms. The van der Waals surface area contributed by atoms with Crippen LogP contribution in [0.4, 0.5) is 8.78 Å². The molecule has 1 heterocycles. The third-order valence-electron chi connectivity index (χ3n) is 4.50. The fourth-order valence-corrected chi connectivity index (χ4v) is 4.89. The number of halogens is 2. The standard InChI is InChI=1S/C18H19F2NO4S/c1-24-12-5-7-14(18(10-12)25-2)17-4-3-9-21(17)26(22,23)13-6-8-15(19)16(20)11-13/h5-8,10-11,17H,3-4,9H2,1-2H3/t17-/m1/s1. The normalized spacial score (nSPS) is 18.1. The van der Waals surface area contributed by atoms with Crippen LogP contribution in [-0.2, 0) is 10.0 Å². The summed E-state index contributed by atoms with van der Waals surface area (Å²) < 4.78 is 64.5. The average molecular weight is 383 g/mol. The highest BCUT2D eigenvalue weighted by Gasteiger charge is 2.37. The molecule has 140 valence electrons. The van der Waals surface area contributed by atoms with Gasteiger partial charge < -0.3 is 9.47 Å². The number of rotatable bonds is 5. The van der Waals surface area contributed by atoms with Crippen molar-refractivity contribution in [2.45, 2.75) is 23.8 Å². The van der Waals surface area contributed by atoms with Crippen LogP contribution in [0.2, 0.25) is 0 Å². The van der Waals surface area contributed by atoms with Crippen molar-refractivity contribution in [2.24, 2.45) is 0 Å². The molecule has 0 aromatic heterocycles. The molecular formula is C18H19F2NO4S. The van der Waals surface area contributed by atoms with Crippen LogP contribution >= 0.6 is 0 Å². The lowest BCUT2D eigenvalue weighted by atomic mass is 10.0. The zero-order valence-electron chi connectivity index (χ0n) is 14.4. The van der Waals surface area contributed by atoms with Crippen molar-refractivity contribution in [1.82, 2.24) is 4.31 Å². The maximum atomic E-state index is 13.5. The van der Waals surface area contributed by atoms with Crippen molar-refractivity contribution in [3.8, 4) is 11.5 Å². The second-order valence-electron chi connectivity index (χ2n) is 5.96. The van der Waals surface area contributed by atoms with E-state index in [1.807, 2.05) is 0 Å². The Balaban J connectivity index is 2.01. The zero-order valence-corrected chi connectivity index (χ0v) is 15.2. The van der Waals surface area contributed by atoms with Gasteiger partial charge in [0.25, 0.3) is 0 Å². The number of nitrogens with zero attached hydrogens (tertiary/aromatic N) is 1. The molecule has 1 atom stereocenters. The molecule has 1 fully saturated rings. The summed E-state index contributed by atoms with van der Waals surface area (Å²) in [4.78, 5) is -0.268. The monoisotopic (exact) mass is 383 g/mol. The quantitative estimate of drug-likeness (QED) is 0.793. The molecule has 0 saturated carbocycles. The second kappa shape index (κ2) is 7.20. The van der Waals surface area contributed by atoms with Gasteiger partial charge in [0, 0.05) is 18.2 Å². The van der Waals surface area contributed by atoms with Crippen molar-refractivity contribution in [2.75, 3.05) is 20.8 Å². The first kappa shape index (κ1) is 18.6. The molecule has 5 nitrogen and oxygen atoms in total. The topological polar surface area (TPSA) is 55.8 Å². The Kier molecular flexibility index (Phi) is 5.15. The Labute approximate surface area is 151 Å². The molecule has 0 radical (unpaired) electrons. The van der Waals surface area contributed by atoms with E-state index in [0.717, 1.165) is 12.1 Å². The highest BCUT2D eigenvalue weighted by molar-refractivity contribution is 7.89. The number of ether oxygens (including phenoxy) is 2. The minimum absolute atomic E-state index is 0.268. The van der Waals surface area contributed by atoms with E-state index >= 15 is 0 Å². The van der Waals surface area contributed by atoms with Crippen LogP contribution in [0.25, 0.3) is 0 Å². The molecule has 0 N–H and O–H groups in total. The van der Waals surface area contributed by atoms with Crippen LogP contribution in [0.3, 0.4) is 0 Å². The van der Waals surface area contributed by atoms with Gasteiger partial charge in [0.05, 0.1) is 25.2 Å². The van der Waals surface area contributed by atoms with Crippen molar-refractivity contribution >= 4 is 10.0 Å². The fourth-order valence-electron chi connectivity index (χ4n) is 3.21. The number of benzene rings is 2. The van der Waals surface area contributed by atoms with Crippen molar-refractivity contribution in [3.05, 3.63) is 53.6 Å². The lowest BCUT2D eigenvalue weighted by molar-refractivity contribution is 0.361. The molecule has 0 amide bonds. The molecule has 0 aliphatic carbocycles. The minimum atomic E-state index is -3.98. The Bertz CT molecular complexity index is 917. The van der Waals surface area contributed by atoms with Crippen LogP contribution in [0, 0.1) is 11.6 Å². The number of hydrogen-bond donors (Lipinski definition) is 0. The van der Waals surface area contributed by atoms with Crippen LogP contribution in [0.1, 0.15) is 24.4 Å². The number of sulfonamides is 1. The maximum absolute atomic E-state index is 13.5. The lowest BCUT2D eigenvalue weighted by Crippen LogP contribution is -2.31. The Hall–Kier alpha value is -2.19. The van der Waals surface area contributed by atoms with Gasteiger partial charge in [0.15, 0.2) is 11.6 Å². The van der Waals surface area contributed by atoms with Crippen LogP contribution in [-0.4, -0.2) is 33.5 Å². The molecule has 1 aliphatic rings. The van der Waals surface area contributed by atoms with Crippen LogP contribution < -0.4 is 9.47 Å². The van der Waals surface area contributed by atoms with Crippen LogP contribution in [0.15, 0.2) is 41.3 Å². The van der Waals surface area contributed by atoms with Crippen molar-refractivity contribution in [3.63, 3.8) is 0 Å². The average Bonchev–Trinajstić information content (AvgIpc) is 3.13. The van der Waals surface area contributed by atoms with E-state index in [4.69, 9.17) is 9.47 Å². The van der Waals surface area contributed by atoms with Gasteiger partial charge in [-0.1, -0.05) is 6.07 Å². The number of hydrogen-bond acceptors (Lipinski definition) is 4. The largest absolute Gasteiger partial charge is 0.497 e. The highest BCUT2D eigenvalue weighted by Crippen LogP contribution is 2.41. The molecule has 1 saturated heterocycles. The summed E-state index contributed by atoms with van der Waals surface area (Å²) in [6, 6.07) is 7.35. The van der Waals surface area contributed by atoms with E-state index in [-0.39, 0.29) is 4.90 Å². The Morgan fingerprint density at radius 1 is 1.04 bits per heavy atom. The predicted octanol–water partition coefficient (Wildman–Crippen LogP) is 3.51. The van der Waals surface area contributed by atoms with Gasteiger partial charge >= 0.3 is 0 Å². The van der Waals surface area contributed by atoms with E-state index in [1.54, 1.807) is 18.2 Å². The van der Waals surface area contributed by atoms with Gasteiger partial charge in [0.2, 0.25) is 10.0 Å². The smallest absolute Gasteiger partial charge is 0.243 e. The van der Waals surface area contributed by atoms with E-state index in [0.29, 0.717) is 42.5 Å². The molecule has 0 unspecified atom stereocenters. The SMILES string of the molecule is COc1ccc([C@H]2CCCN2S(=O)(=O)c2ccc(F)c(F)c2)c(OC)c1. The van der Waals surface area contributed by atoms with Gasteiger partial charge in [0.1, 0.15) is 11.5 Å². The minimum Gasteiger partial charge on any atom is -0.497 e. The van der Waals surface area contributed by atoms with Crippen LogP contribution in [0.5, 0.6) is 11.5 Å². The zero-order chi connectivity index (χ0) is 18.9. The van der Waals surface area contributed by atoms with Gasteiger partial charge in [-0.25, -0.2) is 17.2 Å². The summed E-state index contributed by atoms with van der Waals surface area (Å²) in [5, 5.41) is 0. The molecular weight excluding hydrogens is 364 g/mol. The Morgan fingerprint density at radius 2 is 1.81 bits per heavy atom. The summed E-state index contributed by atoms with van der Waals surface area (Å²) in [6.07, 6.45) is 1.26. The molecule has 26 heavy (non-hydrogen) atoms. The second-order valence-corrected chi connectivity index (χ2v) is 7.85.